The van der Waals surface area contributed by atoms with Gasteiger partial charge in [0, 0.05) is 12.2 Å². The Morgan fingerprint density at radius 2 is 2.10 bits per heavy atom. The standard InChI is InChI=1S/C15H16N2O4/c1-10(2)17(9-12-4-3-7-21-12)14(18)11-5-6-13(15(19)20)16-8-11/h3-8,10H,9H2,1-2H3,(H,19,20). The molecule has 0 unspecified atom stereocenters. The van der Waals surface area contributed by atoms with Gasteiger partial charge in [-0.15, -0.1) is 0 Å². The van der Waals surface area contributed by atoms with Crippen molar-refractivity contribution in [2.75, 3.05) is 0 Å². The minimum Gasteiger partial charge on any atom is -0.477 e. The summed E-state index contributed by atoms with van der Waals surface area (Å²) in [4.78, 5) is 28.7. The van der Waals surface area contributed by atoms with Crippen LogP contribution in [0, 0.1) is 0 Å². The van der Waals surface area contributed by atoms with Crippen molar-refractivity contribution in [1.82, 2.24) is 9.88 Å². The molecule has 0 aliphatic carbocycles. The number of pyridine rings is 1. The molecule has 1 amide bonds. The van der Waals surface area contributed by atoms with Crippen LogP contribution in [0.1, 0.15) is 40.5 Å². The predicted octanol–water partition coefficient (Wildman–Crippen LogP) is 2.42. The molecular formula is C15H16N2O4. The number of aromatic carboxylic acids is 1. The van der Waals surface area contributed by atoms with Crippen LogP contribution in [0.3, 0.4) is 0 Å². The fraction of sp³-hybridized carbons (Fsp3) is 0.267. The van der Waals surface area contributed by atoms with Crippen LogP contribution >= 0.6 is 0 Å². The van der Waals surface area contributed by atoms with E-state index < -0.39 is 5.97 Å². The van der Waals surface area contributed by atoms with Crippen molar-refractivity contribution in [3.05, 3.63) is 53.7 Å². The van der Waals surface area contributed by atoms with Gasteiger partial charge in [0.15, 0.2) is 0 Å². The van der Waals surface area contributed by atoms with Crippen LogP contribution in [0.25, 0.3) is 0 Å². The van der Waals surface area contributed by atoms with Gasteiger partial charge in [-0.25, -0.2) is 9.78 Å². The smallest absolute Gasteiger partial charge is 0.354 e. The van der Waals surface area contributed by atoms with Crippen molar-refractivity contribution < 1.29 is 19.1 Å². The molecule has 0 saturated carbocycles. The summed E-state index contributed by atoms with van der Waals surface area (Å²) in [6.07, 6.45) is 2.84. The van der Waals surface area contributed by atoms with E-state index in [4.69, 9.17) is 9.52 Å². The Bertz CT molecular complexity index is 618. The number of aromatic nitrogens is 1. The van der Waals surface area contributed by atoms with E-state index in [1.807, 2.05) is 13.8 Å². The molecule has 2 aromatic rings. The van der Waals surface area contributed by atoms with Gasteiger partial charge in [-0.1, -0.05) is 0 Å². The van der Waals surface area contributed by atoms with E-state index in [-0.39, 0.29) is 17.6 Å². The maximum absolute atomic E-state index is 12.5. The Labute approximate surface area is 122 Å². The highest BCUT2D eigenvalue weighted by molar-refractivity contribution is 5.95. The Morgan fingerprint density at radius 1 is 1.33 bits per heavy atom. The van der Waals surface area contributed by atoms with Gasteiger partial charge in [-0.3, -0.25) is 4.79 Å². The van der Waals surface area contributed by atoms with Gasteiger partial charge in [-0.2, -0.15) is 0 Å². The van der Waals surface area contributed by atoms with Gasteiger partial charge >= 0.3 is 5.97 Å². The first-order valence-electron chi connectivity index (χ1n) is 6.51. The lowest BCUT2D eigenvalue weighted by Gasteiger charge is -2.25. The van der Waals surface area contributed by atoms with Crippen LogP contribution in [0.5, 0.6) is 0 Å². The van der Waals surface area contributed by atoms with Crippen LogP contribution < -0.4 is 0 Å². The van der Waals surface area contributed by atoms with Gasteiger partial charge in [0.2, 0.25) is 0 Å². The van der Waals surface area contributed by atoms with E-state index in [0.29, 0.717) is 17.9 Å². The summed E-state index contributed by atoms with van der Waals surface area (Å²) in [6.45, 7) is 4.16. The van der Waals surface area contributed by atoms with E-state index in [1.54, 1.807) is 23.3 Å². The van der Waals surface area contributed by atoms with Gasteiger partial charge in [0.05, 0.1) is 18.4 Å². The summed E-state index contributed by atoms with van der Waals surface area (Å²) in [5, 5.41) is 8.81. The number of hydrogen-bond donors (Lipinski definition) is 1. The molecule has 2 heterocycles. The van der Waals surface area contributed by atoms with E-state index >= 15 is 0 Å². The number of carbonyl (C=O) groups excluding carboxylic acids is 1. The third kappa shape index (κ3) is 3.47. The topological polar surface area (TPSA) is 83.6 Å². The molecular weight excluding hydrogens is 272 g/mol. The minimum atomic E-state index is -1.12. The highest BCUT2D eigenvalue weighted by Gasteiger charge is 2.20. The lowest BCUT2D eigenvalue weighted by Crippen LogP contribution is -2.36. The molecule has 21 heavy (non-hydrogen) atoms. The largest absolute Gasteiger partial charge is 0.477 e. The second-order valence-electron chi connectivity index (χ2n) is 4.84. The highest BCUT2D eigenvalue weighted by atomic mass is 16.4. The number of carboxylic acids is 1. The molecule has 2 rings (SSSR count). The van der Waals surface area contributed by atoms with Crippen LogP contribution in [-0.2, 0) is 6.54 Å². The molecule has 0 aliphatic rings. The van der Waals surface area contributed by atoms with Crippen molar-refractivity contribution in [2.24, 2.45) is 0 Å². The summed E-state index contributed by atoms with van der Waals surface area (Å²) in [5.41, 5.74) is 0.258. The first-order chi connectivity index (χ1) is 9.99. The van der Waals surface area contributed by atoms with Crippen molar-refractivity contribution in [3.8, 4) is 0 Å². The van der Waals surface area contributed by atoms with Crippen LogP contribution in [0.4, 0.5) is 0 Å². The molecule has 2 aromatic heterocycles. The first kappa shape index (κ1) is 14.8. The molecule has 0 radical (unpaired) electrons. The Hall–Kier alpha value is -2.63. The van der Waals surface area contributed by atoms with Crippen LogP contribution in [0.15, 0.2) is 41.1 Å². The van der Waals surface area contributed by atoms with Crippen LogP contribution in [-0.4, -0.2) is 32.9 Å². The number of furan rings is 1. The van der Waals surface area contributed by atoms with Gasteiger partial charge in [0.25, 0.3) is 5.91 Å². The second-order valence-corrected chi connectivity index (χ2v) is 4.84. The summed E-state index contributed by atoms with van der Waals surface area (Å²) < 4.78 is 5.26. The number of carbonyl (C=O) groups is 2. The maximum atomic E-state index is 12.5. The molecule has 0 aliphatic heterocycles. The normalized spacial score (nSPS) is 10.6. The van der Waals surface area contributed by atoms with Gasteiger partial charge < -0.3 is 14.4 Å². The van der Waals surface area contributed by atoms with E-state index in [1.165, 1.54) is 18.3 Å². The molecule has 0 bridgehead atoms. The Balaban J connectivity index is 2.19. The zero-order valence-electron chi connectivity index (χ0n) is 11.8. The molecule has 0 spiro atoms. The van der Waals surface area contributed by atoms with Crippen LogP contribution in [0.2, 0.25) is 0 Å². The monoisotopic (exact) mass is 288 g/mol. The Morgan fingerprint density at radius 3 is 2.57 bits per heavy atom. The maximum Gasteiger partial charge on any atom is 0.354 e. The first-order valence-corrected chi connectivity index (χ1v) is 6.51. The number of nitrogens with zero attached hydrogens (tertiary/aromatic N) is 2. The molecule has 1 N–H and O–H groups in total. The average molecular weight is 288 g/mol. The zero-order valence-corrected chi connectivity index (χ0v) is 11.8. The van der Waals surface area contributed by atoms with Crippen molar-refractivity contribution in [2.45, 2.75) is 26.4 Å². The summed E-state index contributed by atoms with van der Waals surface area (Å²) in [5.74, 6) is -0.650. The molecule has 6 nitrogen and oxygen atoms in total. The molecule has 0 saturated heterocycles. The van der Waals surface area contributed by atoms with Gasteiger partial charge in [-0.05, 0) is 38.1 Å². The number of amides is 1. The average Bonchev–Trinajstić information content (AvgIpc) is 2.97. The number of carboxylic acid groups (broad SMARTS) is 1. The molecule has 0 fully saturated rings. The summed E-state index contributed by atoms with van der Waals surface area (Å²) >= 11 is 0. The predicted molar refractivity (Wildman–Crippen MR) is 74.9 cm³/mol. The molecule has 6 heteroatoms. The van der Waals surface area contributed by atoms with Crippen molar-refractivity contribution in [3.63, 3.8) is 0 Å². The quantitative estimate of drug-likeness (QED) is 0.913. The third-order valence-corrected chi connectivity index (χ3v) is 3.02. The second kappa shape index (κ2) is 6.21. The fourth-order valence-electron chi connectivity index (χ4n) is 1.87. The summed E-state index contributed by atoms with van der Waals surface area (Å²) in [6, 6.07) is 6.33. The van der Waals surface area contributed by atoms with E-state index in [9.17, 15) is 9.59 Å². The van der Waals surface area contributed by atoms with E-state index in [0.717, 1.165) is 0 Å². The van der Waals surface area contributed by atoms with Crippen molar-refractivity contribution in [1.29, 1.82) is 0 Å². The Kier molecular flexibility index (Phi) is 4.37. The lowest BCUT2D eigenvalue weighted by atomic mass is 10.2. The number of hydrogen-bond acceptors (Lipinski definition) is 4. The van der Waals surface area contributed by atoms with E-state index in [2.05, 4.69) is 4.98 Å². The lowest BCUT2D eigenvalue weighted by molar-refractivity contribution is 0.0666. The number of rotatable bonds is 5. The highest BCUT2D eigenvalue weighted by Crippen LogP contribution is 2.13. The third-order valence-electron chi connectivity index (χ3n) is 3.02. The van der Waals surface area contributed by atoms with Crippen molar-refractivity contribution >= 4 is 11.9 Å². The minimum absolute atomic E-state index is 0.0262. The zero-order chi connectivity index (χ0) is 15.4. The SMILES string of the molecule is CC(C)N(Cc1ccco1)C(=O)c1ccc(C(=O)O)nc1. The molecule has 110 valence electrons. The molecule has 0 atom stereocenters. The van der Waals surface area contributed by atoms with Gasteiger partial charge in [0.1, 0.15) is 11.5 Å². The molecule has 0 aromatic carbocycles. The fourth-order valence-corrected chi connectivity index (χ4v) is 1.87. The summed E-state index contributed by atoms with van der Waals surface area (Å²) in [7, 11) is 0.